The number of likely N-dealkylation sites (N-methyl/N-ethyl adjacent to an activating group) is 1. The van der Waals surface area contributed by atoms with Crippen molar-refractivity contribution in [1.82, 2.24) is 4.90 Å². The Morgan fingerprint density at radius 2 is 1.81 bits per heavy atom. The minimum Gasteiger partial charge on any atom is -0.389 e. The molecule has 0 aliphatic rings. The van der Waals surface area contributed by atoms with E-state index in [9.17, 15) is 18.3 Å². The van der Waals surface area contributed by atoms with E-state index >= 15 is 0 Å². The molecule has 0 aliphatic carbocycles. The number of carbonyl (C=O) groups excluding carboxylic acids is 1. The normalized spacial score (nSPS) is 12.0. The number of benzene rings is 1. The number of carbonyl (C=O) groups is 1. The maximum absolute atomic E-state index is 12.3. The molecule has 0 fully saturated rings. The number of rotatable bonds is 6. The van der Waals surface area contributed by atoms with Crippen LogP contribution in [-0.4, -0.2) is 49.3 Å². The monoisotopic (exact) mass is 314 g/mol. The lowest BCUT2D eigenvalue weighted by Gasteiger charge is -2.28. The zero-order valence-electron chi connectivity index (χ0n) is 12.8. The molecule has 6 nitrogen and oxygen atoms in total. The molecule has 118 valence electrons. The molecule has 1 aromatic rings. The fraction of sp³-hybridized carbons (Fsp3) is 0.500. The number of nitrogens with zero attached hydrogens (tertiary/aromatic N) is 1. The highest BCUT2D eigenvalue weighted by atomic mass is 32.2. The van der Waals surface area contributed by atoms with E-state index in [0.29, 0.717) is 17.8 Å². The summed E-state index contributed by atoms with van der Waals surface area (Å²) in [7, 11) is -3.33. The number of aliphatic hydroxyl groups is 1. The van der Waals surface area contributed by atoms with Crippen molar-refractivity contribution in [1.29, 1.82) is 0 Å². The molecule has 0 atom stereocenters. The van der Waals surface area contributed by atoms with Crippen LogP contribution in [0.1, 0.15) is 31.1 Å². The van der Waals surface area contributed by atoms with Gasteiger partial charge in [0.05, 0.1) is 11.9 Å². The molecule has 0 heterocycles. The van der Waals surface area contributed by atoms with Gasteiger partial charge in [-0.3, -0.25) is 9.52 Å². The maximum atomic E-state index is 12.3. The Balaban J connectivity index is 2.87. The average Bonchev–Trinajstić information content (AvgIpc) is 2.33. The van der Waals surface area contributed by atoms with Gasteiger partial charge >= 0.3 is 0 Å². The zero-order chi connectivity index (χ0) is 16.3. The molecule has 7 heteroatoms. The highest BCUT2D eigenvalue weighted by molar-refractivity contribution is 7.92. The summed E-state index contributed by atoms with van der Waals surface area (Å²) in [6, 6.07) is 6.18. The van der Waals surface area contributed by atoms with E-state index in [1.165, 1.54) is 12.1 Å². The van der Waals surface area contributed by atoms with Crippen LogP contribution in [0.25, 0.3) is 0 Å². The topological polar surface area (TPSA) is 86.7 Å². The predicted octanol–water partition coefficient (Wildman–Crippen LogP) is 1.29. The third-order valence-electron chi connectivity index (χ3n) is 2.68. The number of hydrogen-bond acceptors (Lipinski definition) is 4. The summed E-state index contributed by atoms with van der Waals surface area (Å²) in [6.45, 7) is 5.82. The fourth-order valence-electron chi connectivity index (χ4n) is 1.87. The minimum absolute atomic E-state index is 0.203. The van der Waals surface area contributed by atoms with Gasteiger partial charge in [0, 0.05) is 24.3 Å². The molecule has 0 unspecified atom stereocenters. The van der Waals surface area contributed by atoms with E-state index in [1.807, 2.05) is 6.92 Å². The third kappa shape index (κ3) is 6.14. The Hall–Kier alpha value is -1.60. The van der Waals surface area contributed by atoms with Gasteiger partial charge in [-0.15, -0.1) is 0 Å². The van der Waals surface area contributed by atoms with E-state index < -0.39 is 15.6 Å². The number of anilines is 1. The summed E-state index contributed by atoms with van der Waals surface area (Å²) in [5, 5.41) is 9.82. The lowest BCUT2D eigenvalue weighted by molar-refractivity contribution is 0.0314. The van der Waals surface area contributed by atoms with Crippen LogP contribution >= 0.6 is 0 Å². The molecule has 0 saturated heterocycles. The first-order valence-corrected chi connectivity index (χ1v) is 8.50. The van der Waals surface area contributed by atoms with E-state index in [-0.39, 0.29) is 12.5 Å². The van der Waals surface area contributed by atoms with Gasteiger partial charge < -0.3 is 10.0 Å². The van der Waals surface area contributed by atoms with Crippen LogP contribution in [0.2, 0.25) is 0 Å². The third-order valence-corrected chi connectivity index (χ3v) is 3.29. The van der Waals surface area contributed by atoms with Crippen molar-refractivity contribution in [2.24, 2.45) is 0 Å². The summed E-state index contributed by atoms with van der Waals surface area (Å²) in [5.74, 6) is -0.203. The lowest BCUT2D eigenvalue weighted by Crippen LogP contribution is -2.42. The van der Waals surface area contributed by atoms with Crippen LogP contribution < -0.4 is 4.72 Å². The first kappa shape index (κ1) is 17.5. The van der Waals surface area contributed by atoms with Crippen molar-refractivity contribution < 1.29 is 18.3 Å². The van der Waals surface area contributed by atoms with Gasteiger partial charge in [-0.1, -0.05) is 0 Å². The number of nitrogens with one attached hydrogen (secondary N) is 1. The van der Waals surface area contributed by atoms with Gasteiger partial charge in [0.15, 0.2) is 0 Å². The second-order valence-electron chi connectivity index (χ2n) is 5.58. The van der Waals surface area contributed by atoms with Gasteiger partial charge in [0.1, 0.15) is 0 Å². The average molecular weight is 314 g/mol. The lowest BCUT2D eigenvalue weighted by atomic mass is 10.1. The van der Waals surface area contributed by atoms with Crippen LogP contribution in [0.4, 0.5) is 5.69 Å². The largest absolute Gasteiger partial charge is 0.389 e. The summed E-state index contributed by atoms with van der Waals surface area (Å²) in [6.07, 6.45) is 1.06. The first-order valence-electron chi connectivity index (χ1n) is 6.61. The van der Waals surface area contributed by atoms with Crippen LogP contribution in [0.15, 0.2) is 24.3 Å². The second kappa shape index (κ2) is 6.44. The SMILES string of the molecule is CCN(CC(C)(C)O)C(=O)c1ccc(NS(C)(=O)=O)cc1. The number of amides is 1. The molecule has 0 aromatic heterocycles. The van der Waals surface area contributed by atoms with Crippen molar-refractivity contribution in [2.75, 3.05) is 24.1 Å². The molecule has 21 heavy (non-hydrogen) atoms. The molecule has 1 amide bonds. The molecular formula is C14H22N2O4S. The zero-order valence-corrected chi connectivity index (χ0v) is 13.6. The predicted molar refractivity (Wildman–Crippen MR) is 82.8 cm³/mol. The standard InChI is InChI=1S/C14H22N2O4S/c1-5-16(10-14(2,3)18)13(17)11-6-8-12(9-7-11)15-21(4,19)20/h6-9,15,18H,5,10H2,1-4H3. The molecule has 2 N–H and O–H groups in total. The molecule has 0 saturated carbocycles. The Kier molecular flexibility index (Phi) is 5.36. The Bertz CT molecular complexity index is 588. The van der Waals surface area contributed by atoms with E-state index in [1.54, 1.807) is 30.9 Å². The summed E-state index contributed by atoms with van der Waals surface area (Å²) in [5.41, 5.74) is -0.122. The highest BCUT2D eigenvalue weighted by Crippen LogP contribution is 2.14. The Morgan fingerprint density at radius 1 is 1.29 bits per heavy atom. The molecule has 0 bridgehead atoms. The van der Waals surface area contributed by atoms with Gasteiger partial charge in [0.25, 0.3) is 5.91 Å². The van der Waals surface area contributed by atoms with Gasteiger partial charge in [-0.2, -0.15) is 0 Å². The second-order valence-corrected chi connectivity index (χ2v) is 7.33. The molecule has 0 spiro atoms. The van der Waals surface area contributed by atoms with E-state index in [4.69, 9.17) is 0 Å². The highest BCUT2D eigenvalue weighted by Gasteiger charge is 2.22. The molecule has 0 radical (unpaired) electrons. The van der Waals surface area contributed by atoms with Crippen molar-refractivity contribution in [3.8, 4) is 0 Å². The summed E-state index contributed by atoms with van der Waals surface area (Å²) in [4.78, 5) is 13.9. The van der Waals surface area contributed by atoms with Crippen LogP contribution in [0, 0.1) is 0 Å². The van der Waals surface area contributed by atoms with Gasteiger partial charge in [0.2, 0.25) is 10.0 Å². The first-order chi connectivity index (χ1) is 9.52. The molecule has 1 aromatic carbocycles. The van der Waals surface area contributed by atoms with Crippen molar-refractivity contribution >= 4 is 21.6 Å². The Morgan fingerprint density at radius 3 is 2.19 bits per heavy atom. The number of hydrogen-bond donors (Lipinski definition) is 2. The Labute approximate surface area is 125 Å². The van der Waals surface area contributed by atoms with Gasteiger partial charge in [-0.25, -0.2) is 8.42 Å². The van der Waals surface area contributed by atoms with Crippen LogP contribution in [-0.2, 0) is 10.0 Å². The minimum atomic E-state index is -3.33. The van der Waals surface area contributed by atoms with Crippen molar-refractivity contribution in [3.05, 3.63) is 29.8 Å². The van der Waals surface area contributed by atoms with Gasteiger partial charge in [-0.05, 0) is 45.0 Å². The van der Waals surface area contributed by atoms with E-state index in [0.717, 1.165) is 6.26 Å². The van der Waals surface area contributed by atoms with Crippen LogP contribution in [0.5, 0.6) is 0 Å². The summed E-state index contributed by atoms with van der Waals surface area (Å²) >= 11 is 0. The molecule has 0 aliphatic heterocycles. The molecule has 1 rings (SSSR count). The quantitative estimate of drug-likeness (QED) is 0.828. The fourth-order valence-corrected chi connectivity index (χ4v) is 2.44. The smallest absolute Gasteiger partial charge is 0.253 e. The number of sulfonamides is 1. The van der Waals surface area contributed by atoms with Crippen molar-refractivity contribution in [2.45, 2.75) is 26.4 Å². The summed E-state index contributed by atoms with van der Waals surface area (Å²) < 4.78 is 24.6. The maximum Gasteiger partial charge on any atom is 0.253 e. The van der Waals surface area contributed by atoms with Crippen molar-refractivity contribution in [3.63, 3.8) is 0 Å². The van der Waals surface area contributed by atoms with Crippen LogP contribution in [0.3, 0.4) is 0 Å². The molecular weight excluding hydrogens is 292 g/mol. The van der Waals surface area contributed by atoms with E-state index in [2.05, 4.69) is 4.72 Å².